The summed E-state index contributed by atoms with van der Waals surface area (Å²) >= 11 is 1.86. The fraction of sp³-hybridized carbons (Fsp3) is 0.800. The highest BCUT2D eigenvalue weighted by molar-refractivity contribution is 7.09. The van der Waals surface area contributed by atoms with Crippen LogP contribution in [0.15, 0.2) is 5.38 Å². The Morgan fingerprint density at radius 1 is 1.23 bits per heavy atom. The number of nitrogens with zero attached hydrogens (tertiary/aromatic N) is 3. The molecule has 5 nitrogen and oxygen atoms in total. The lowest BCUT2D eigenvalue weighted by molar-refractivity contribution is -0.123. The van der Waals surface area contributed by atoms with E-state index in [1.165, 1.54) is 42.8 Å². The summed E-state index contributed by atoms with van der Waals surface area (Å²) in [7, 11) is 0. The van der Waals surface area contributed by atoms with E-state index in [1.807, 2.05) is 11.3 Å². The zero-order chi connectivity index (χ0) is 18.4. The Kier molecular flexibility index (Phi) is 7.46. The molecule has 2 fully saturated rings. The smallest absolute Gasteiger partial charge is 0.234 e. The van der Waals surface area contributed by atoms with Gasteiger partial charge in [-0.2, -0.15) is 0 Å². The first-order valence-corrected chi connectivity index (χ1v) is 11.2. The van der Waals surface area contributed by atoms with Gasteiger partial charge in [-0.3, -0.25) is 14.6 Å². The Morgan fingerprint density at radius 2 is 1.92 bits per heavy atom. The number of hydrogen-bond acceptors (Lipinski definition) is 5. The largest absolute Gasteiger partial charge is 0.353 e. The van der Waals surface area contributed by atoms with Crippen molar-refractivity contribution in [2.45, 2.75) is 70.9 Å². The van der Waals surface area contributed by atoms with Crippen LogP contribution in [0.4, 0.5) is 0 Å². The number of aromatic nitrogens is 1. The Hall–Kier alpha value is -0.980. The second-order valence-corrected chi connectivity index (χ2v) is 8.83. The summed E-state index contributed by atoms with van der Waals surface area (Å²) in [5.74, 6) is 0.868. The molecule has 0 aromatic carbocycles. The fourth-order valence-electron chi connectivity index (χ4n) is 3.89. The van der Waals surface area contributed by atoms with Gasteiger partial charge in [-0.25, -0.2) is 4.98 Å². The van der Waals surface area contributed by atoms with Crippen molar-refractivity contribution in [3.63, 3.8) is 0 Å². The standard InChI is InChI=1S/C20H34N4OS/c1-3-16(2)21-19(25)14-24-11-9-23(10-12-24)13-18-15-26-20(22-18)17-7-5-4-6-8-17/h15-17H,3-14H2,1-2H3,(H,21,25)/t16-/m1/s1. The maximum Gasteiger partial charge on any atom is 0.234 e. The van der Waals surface area contributed by atoms with Crippen molar-refractivity contribution < 1.29 is 4.79 Å². The van der Waals surface area contributed by atoms with Gasteiger partial charge in [-0.05, 0) is 26.2 Å². The average Bonchev–Trinajstić information content (AvgIpc) is 3.12. The molecule has 1 saturated heterocycles. The second-order valence-electron chi connectivity index (χ2n) is 7.94. The summed E-state index contributed by atoms with van der Waals surface area (Å²) in [6.45, 7) is 9.62. The van der Waals surface area contributed by atoms with Gasteiger partial charge in [-0.15, -0.1) is 11.3 Å². The number of thiazole rings is 1. The van der Waals surface area contributed by atoms with Gasteiger partial charge in [0.05, 0.1) is 17.2 Å². The number of hydrogen-bond donors (Lipinski definition) is 1. The van der Waals surface area contributed by atoms with Crippen LogP contribution in [0.3, 0.4) is 0 Å². The highest BCUT2D eigenvalue weighted by atomic mass is 32.1. The fourth-order valence-corrected chi connectivity index (χ4v) is 4.87. The molecular formula is C20H34N4OS. The van der Waals surface area contributed by atoms with E-state index in [-0.39, 0.29) is 11.9 Å². The van der Waals surface area contributed by atoms with Gasteiger partial charge in [0, 0.05) is 50.1 Å². The zero-order valence-corrected chi connectivity index (χ0v) is 17.2. The molecule has 1 aromatic heterocycles. The molecule has 1 aromatic rings. The summed E-state index contributed by atoms with van der Waals surface area (Å²) in [4.78, 5) is 21.7. The van der Waals surface area contributed by atoms with Gasteiger partial charge in [0.1, 0.15) is 0 Å². The van der Waals surface area contributed by atoms with Crippen LogP contribution in [0, 0.1) is 0 Å². The van der Waals surface area contributed by atoms with Crippen LogP contribution < -0.4 is 5.32 Å². The molecular weight excluding hydrogens is 344 g/mol. The normalized spacial score (nSPS) is 21.6. The topological polar surface area (TPSA) is 48.5 Å². The van der Waals surface area contributed by atoms with Crippen LogP contribution in [0.2, 0.25) is 0 Å². The van der Waals surface area contributed by atoms with Crippen molar-refractivity contribution in [1.29, 1.82) is 0 Å². The van der Waals surface area contributed by atoms with Gasteiger partial charge in [-0.1, -0.05) is 26.2 Å². The minimum Gasteiger partial charge on any atom is -0.353 e. The average molecular weight is 379 g/mol. The summed E-state index contributed by atoms with van der Waals surface area (Å²) in [6.07, 6.45) is 7.76. The maximum atomic E-state index is 12.0. The van der Waals surface area contributed by atoms with E-state index in [2.05, 4.69) is 34.3 Å². The van der Waals surface area contributed by atoms with Crippen molar-refractivity contribution in [3.05, 3.63) is 16.1 Å². The first-order valence-electron chi connectivity index (χ1n) is 10.3. The highest BCUT2D eigenvalue weighted by Crippen LogP contribution is 2.34. The third kappa shape index (κ3) is 5.76. The molecule has 146 valence electrons. The summed E-state index contributed by atoms with van der Waals surface area (Å²) in [6, 6.07) is 0.270. The van der Waals surface area contributed by atoms with Crippen molar-refractivity contribution in [1.82, 2.24) is 20.1 Å². The third-order valence-electron chi connectivity index (χ3n) is 5.76. The Balaban J connectivity index is 1.40. The quantitative estimate of drug-likeness (QED) is 0.791. The highest BCUT2D eigenvalue weighted by Gasteiger charge is 2.22. The molecule has 2 aliphatic rings. The molecule has 26 heavy (non-hydrogen) atoms. The molecule has 0 bridgehead atoms. The lowest BCUT2D eigenvalue weighted by Gasteiger charge is -2.34. The molecule has 6 heteroatoms. The molecule has 1 saturated carbocycles. The van der Waals surface area contributed by atoms with E-state index in [4.69, 9.17) is 4.98 Å². The first-order chi connectivity index (χ1) is 12.6. The molecule has 0 spiro atoms. The molecule has 0 unspecified atom stereocenters. The Morgan fingerprint density at radius 3 is 2.62 bits per heavy atom. The van der Waals surface area contributed by atoms with Crippen LogP contribution in [-0.4, -0.2) is 59.5 Å². The maximum absolute atomic E-state index is 12.0. The summed E-state index contributed by atoms with van der Waals surface area (Å²) < 4.78 is 0. The predicted octanol–water partition coefficient (Wildman–Crippen LogP) is 3.22. The first kappa shape index (κ1) is 19.8. The van der Waals surface area contributed by atoms with Gasteiger partial charge in [0.15, 0.2) is 0 Å². The van der Waals surface area contributed by atoms with Crippen LogP contribution in [0.25, 0.3) is 0 Å². The number of carbonyl (C=O) groups excluding carboxylic acids is 1. The SMILES string of the molecule is CC[C@@H](C)NC(=O)CN1CCN(Cc2csc(C3CCCCC3)n2)CC1. The lowest BCUT2D eigenvalue weighted by Crippen LogP contribution is -2.49. The van der Waals surface area contributed by atoms with Gasteiger partial charge < -0.3 is 5.32 Å². The van der Waals surface area contributed by atoms with Crippen molar-refractivity contribution in [3.8, 4) is 0 Å². The van der Waals surface area contributed by atoms with Crippen LogP contribution >= 0.6 is 11.3 Å². The van der Waals surface area contributed by atoms with Crippen molar-refractivity contribution in [2.24, 2.45) is 0 Å². The monoisotopic (exact) mass is 378 g/mol. The molecule has 1 amide bonds. The number of carbonyl (C=O) groups is 1. The second kappa shape index (κ2) is 9.81. The number of nitrogens with one attached hydrogen (secondary N) is 1. The third-order valence-corrected chi connectivity index (χ3v) is 6.82. The van der Waals surface area contributed by atoms with E-state index in [0.29, 0.717) is 12.5 Å². The van der Waals surface area contributed by atoms with Gasteiger partial charge >= 0.3 is 0 Å². The Labute approximate surface area is 162 Å². The van der Waals surface area contributed by atoms with Gasteiger partial charge in [0.25, 0.3) is 0 Å². The van der Waals surface area contributed by atoms with E-state index in [1.54, 1.807) is 0 Å². The number of piperazine rings is 1. The molecule has 1 atom stereocenters. The summed E-state index contributed by atoms with van der Waals surface area (Å²) in [5.41, 5.74) is 1.23. The van der Waals surface area contributed by atoms with Crippen LogP contribution in [0.1, 0.15) is 69.0 Å². The van der Waals surface area contributed by atoms with E-state index >= 15 is 0 Å². The van der Waals surface area contributed by atoms with Crippen molar-refractivity contribution >= 4 is 17.2 Å². The van der Waals surface area contributed by atoms with Crippen LogP contribution in [-0.2, 0) is 11.3 Å². The minimum atomic E-state index is 0.157. The zero-order valence-electron chi connectivity index (χ0n) is 16.4. The lowest BCUT2D eigenvalue weighted by atomic mass is 9.90. The van der Waals surface area contributed by atoms with E-state index in [0.717, 1.165) is 39.1 Å². The van der Waals surface area contributed by atoms with E-state index < -0.39 is 0 Å². The predicted molar refractivity (Wildman–Crippen MR) is 108 cm³/mol. The molecule has 1 N–H and O–H groups in total. The Bertz CT molecular complexity index is 562. The molecule has 1 aliphatic heterocycles. The van der Waals surface area contributed by atoms with Gasteiger partial charge in [0.2, 0.25) is 5.91 Å². The number of amides is 1. The molecule has 1 aliphatic carbocycles. The molecule has 2 heterocycles. The number of rotatable bonds is 7. The van der Waals surface area contributed by atoms with E-state index in [9.17, 15) is 4.79 Å². The van der Waals surface area contributed by atoms with Crippen LogP contribution in [0.5, 0.6) is 0 Å². The summed E-state index contributed by atoms with van der Waals surface area (Å²) in [5, 5.41) is 6.68. The minimum absolute atomic E-state index is 0.157. The molecule has 3 rings (SSSR count). The molecule has 0 radical (unpaired) electrons. The van der Waals surface area contributed by atoms with Crippen molar-refractivity contribution in [2.75, 3.05) is 32.7 Å².